The fourth-order valence-electron chi connectivity index (χ4n) is 7.81. The van der Waals surface area contributed by atoms with Gasteiger partial charge >= 0.3 is 0 Å². The van der Waals surface area contributed by atoms with Crippen molar-refractivity contribution in [1.82, 2.24) is 19.9 Å². The van der Waals surface area contributed by atoms with Crippen molar-refractivity contribution in [3.8, 4) is 56.7 Å². The molecule has 5 nitrogen and oxygen atoms in total. The average molecular weight is 703 g/mol. The molecule has 0 spiro atoms. The lowest BCUT2D eigenvalue weighted by Gasteiger charge is -2.14. The molecule has 256 valence electrons. The molecule has 0 aliphatic rings. The van der Waals surface area contributed by atoms with Gasteiger partial charge in [-0.25, -0.2) is 19.9 Å². The molecule has 11 rings (SSSR count). The molecule has 5 heteroatoms. The zero-order valence-corrected chi connectivity index (χ0v) is 29.5. The summed E-state index contributed by atoms with van der Waals surface area (Å²) in [5, 5.41) is 8.68. The highest BCUT2D eigenvalue weighted by Crippen LogP contribution is 2.42. The molecular weight excluding hydrogens is 673 g/mol. The molecule has 0 unspecified atom stereocenters. The Morgan fingerprint density at radius 2 is 0.909 bits per heavy atom. The summed E-state index contributed by atoms with van der Waals surface area (Å²) in [6.45, 7) is 0. The summed E-state index contributed by atoms with van der Waals surface area (Å²) in [4.78, 5) is 20.5. The average Bonchev–Trinajstić information content (AvgIpc) is 3.71. The van der Waals surface area contributed by atoms with Crippen LogP contribution >= 0.6 is 0 Å². The molecule has 55 heavy (non-hydrogen) atoms. The maximum Gasteiger partial charge on any atom is 0.227 e. The second-order valence-electron chi connectivity index (χ2n) is 13.8. The van der Waals surface area contributed by atoms with E-state index >= 15 is 0 Å². The monoisotopic (exact) mass is 702 g/mol. The molecule has 9 aromatic carbocycles. The lowest BCUT2D eigenvalue weighted by Crippen LogP contribution is -2.01. The predicted molar refractivity (Wildman–Crippen MR) is 225 cm³/mol. The molecule has 0 saturated carbocycles. The van der Waals surface area contributed by atoms with E-state index in [1.165, 1.54) is 11.1 Å². The molecule has 11 aromatic rings. The van der Waals surface area contributed by atoms with Crippen molar-refractivity contribution in [2.24, 2.45) is 0 Å². The number of hydrogen-bond acceptors (Lipinski definition) is 5. The van der Waals surface area contributed by atoms with Crippen LogP contribution in [0.15, 0.2) is 186 Å². The second kappa shape index (κ2) is 12.6. The van der Waals surface area contributed by atoms with Crippen LogP contribution in [0.2, 0.25) is 0 Å². The number of hydrogen-bond donors (Lipinski definition) is 0. The van der Waals surface area contributed by atoms with Crippen LogP contribution in [0.4, 0.5) is 0 Å². The van der Waals surface area contributed by atoms with Gasteiger partial charge in [0.1, 0.15) is 5.52 Å². The molecular formula is C50H30N4O. The first-order valence-electron chi connectivity index (χ1n) is 18.4. The first-order valence-corrected chi connectivity index (χ1v) is 18.4. The van der Waals surface area contributed by atoms with Gasteiger partial charge in [0.2, 0.25) is 5.89 Å². The van der Waals surface area contributed by atoms with E-state index in [0.717, 1.165) is 76.4 Å². The Balaban J connectivity index is 1.15. The highest BCUT2D eigenvalue weighted by Gasteiger charge is 2.20. The zero-order chi connectivity index (χ0) is 36.3. The molecule has 0 bridgehead atoms. The van der Waals surface area contributed by atoms with Gasteiger partial charge in [0.15, 0.2) is 23.1 Å². The van der Waals surface area contributed by atoms with Crippen molar-refractivity contribution in [2.75, 3.05) is 0 Å². The second-order valence-corrected chi connectivity index (χ2v) is 13.8. The fraction of sp³-hybridized carbons (Fsp3) is 0. The van der Waals surface area contributed by atoms with Gasteiger partial charge < -0.3 is 4.42 Å². The van der Waals surface area contributed by atoms with Crippen LogP contribution in [0.3, 0.4) is 0 Å². The van der Waals surface area contributed by atoms with E-state index in [2.05, 4.69) is 109 Å². The Morgan fingerprint density at radius 1 is 0.327 bits per heavy atom. The molecule has 2 aromatic heterocycles. The van der Waals surface area contributed by atoms with E-state index in [1.807, 2.05) is 72.8 Å². The third kappa shape index (κ3) is 5.33. The molecule has 0 N–H and O–H groups in total. The summed E-state index contributed by atoms with van der Waals surface area (Å²) in [5.74, 6) is 2.44. The van der Waals surface area contributed by atoms with E-state index in [9.17, 15) is 0 Å². The van der Waals surface area contributed by atoms with Crippen molar-refractivity contribution >= 4 is 54.2 Å². The van der Waals surface area contributed by atoms with Crippen LogP contribution in [-0.2, 0) is 0 Å². The van der Waals surface area contributed by atoms with Crippen molar-refractivity contribution < 1.29 is 4.42 Å². The number of aromatic nitrogens is 4. The quantitative estimate of drug-likeness (QED) is 0.167. The van der Waals surface area contributed by atoms with Gasteiger partial charge in [-0.1, -0.05) is 146 Å². The first kappa shape index (κ1) is 31.1. The number of rotatable bonds is 5. The van der Waals surface area contributed by atoms with Crippen LogP contribution in [0.1, 0.15) is 0 Å². The molecule has 0 fully saturated rings. The predicted octanol–water partition coefficient (Wildman–Crippen LogP) is 13.0. The third-order valence-corrected chi connectivity index (χ3v) is 10.5. The van der Waals surface area contributed by atoms with E-state index in [0.29, 0.717) is 23.4 Å². The zero-order valence-electron chi connectivity index (χ0n) is 29.5. The van der Waals surface area contributed by atoms with Gasteiger partial charge in [-0.2, -0.15) is 0 Å². The Labute approximate surface area is 316 Å². The third-order valence-electron chi connectivity index (χ3n) is 10.5. The topological polar surface area (TPSA) is 64.7 Å². The summed E-state index contributed by atoms with van der Waals surface area (Å²) in [7, 11) is 0. The summed E-state index contributed by atoms with van der Waals surface area (Å²) >= 11 is 0. The maximum absolute atomic E-state index is 6.64. The van der Waals surface area contributed by atoms with Gasteiger partial charge in [-0.3, -0.25) is 0 Å². The van der Waals surface area contributed by atoms with Gasteiger partial charge in [0.05, 0.1) is 0 Å². The first-order chi connectivity index (χ1) is 27.2. The van der Waals surface area contributed by atoms with E-state index < -0.39 is 0 Å². The minimum Gasteiger partial charge on any atom is -0.435 e. The molecule has 0 aliphatic carbocycles. The number of oxazole rings is 1. The molecule has 0 radical (unpaired) electrons. The maximum atomic E-state index is 6.64. The van der Waals surface area contributed by atoms with Crippen LogP contribution < -0.4 is 0 Å². The molecule has 0 atom stereocenters. The fourth-order valence-corrected chi connectivity index (χ4v) is 7.81. The van der Waals surface area contributed by atoms with Crippen molar-refractivity contribution in [3.63, 3.8) is 0 Å². The Hall–Kier alpha value is -7.50. The number of benzene rings is 9. The number of nitrogens with zero attached hydrogens (tertiary/aromatic N) is 4. The van der Waals surface area contributed by atoms with Crippen molar-refractivity contribution in [1.29, 1.82) is 0 Å². The lowest BCUT2D eigenvalue weighted by atomic mass is 9.92. The normalized spacial score (nSPS) is 11.6. The highest BCUT2D eigenvalue weighted by molar-refractivity contribution is 6.28. The SMILES string of the molecule is c1ccc(-c2ccc3cc(-c4nc(-c5ccccc5)nc(-c5cc6ccccc6c6c5ccc5ccc7nc(-c8ccccc8)oc7c56)n4)ccc3c2)cc1. The van der Waals surface area contributed by atoms with Gasteiger partial charge in [-0.05, 0) is 79.8 Å². The minimum atomic E-state index is 0.599. The lowest BCUT2D eigenvalue weighted by molar-refractivity contribution is 0.623. The van der Waals surface area contributed by atoms with Crippen LogP contribution in [-0.4, -0.2) is 19.9 Å². The van der Waals surface area contributed by atoms with E-state index in [4.69, 9.17) is 24.4 Å². The van der Waals surface area contributed by atoms with Crippen LogP contribution in [0.25, 0.3) is 111 Å². The van der Waals surface area contributed by atoms with E-state index in [1.54, 1.807) is 0 Å². The van der Waals surface area contributed by atoms with Gasteiger partial charge in [0, 0.05) is 33.0 Å². The van der Waals surface area contributed by atoms with Crippen LogP contribution in [0, 0.1) is 0 Å². The minimum absolute atomic E-state index is 0.599. The van der Waals surface area contributed by atoms with Crippen LogP contribution in [0.5, 0.6) is 0 Å². The summed E-state index contributed by atoms with van der Waals surface area (Å²) in [6.07, 6.45) is 0. The van der Waals surface area contributed by atoms with Gasteiger partial charge in [-0.15, -0.1) is 0 Å². The molecule has 0 amide bonds. The Morgan fingerprint density at radius 3 is 1.67 bits per heavy atom. The van der Waals surface area contributed by atoms with E-state index in [-0.39, 0.29) is 0 Å². The highest BCUT2D eigenvalue weighted by atomic mass is 16.3. The molecule has 2 heterocycles. The summed E-state index contributed by atoms with van der Waals surface area (Å²) in [5.41, 5.74) is 7.66. The molecule has 0 saturated heterocycles. The smallest absolute Gasteiger partial charge is 0.227 e. The van der Waals surface area contributed by atoms with Crippen molar-refractivity contribution in [3.05, 3.63) is 182 Å². The van der Waals surface area contributed by atoms with Gasteiger partial charge in [0.25, 0.3) is 0 Å². The standard InChI is InChI=1S/C50H30N4O/c1-4-12-31(13-5-1)35-20-21-37-29-39(23-22-36(37)28-35)48-52-47(33-14-6-2-7-15-33)53-49(54-48)42-30-38-18-10-11-19-40(38)45-41(42)26-24-32-25-27-43-46(44(32)45)55-50(51-43)34-16-8-3-9-17-34/h1-30H. The summed E-state index contributed by atoms with van der Waals surface area (Å²) in [6, 6.07) is 62.9. The Bertz CT molecular complexity index is 3250. The largest absolute Gasteiger partial charge is 0.435 e. The Kier molecular flexibility index (Phi) is 7.10. The number of fused-ring (bicyclic) bond motifs is 8. The molecule has 0 aliphatic heterocycles. The van der Waals surface area contributed by atoms with Crippen molar-refractivity contribution in [2.45, 2.75) is 0 Å². The summed E-state index contributed by atoms with van der Waals surface area (Å²) < 4.78 is 6.64.